The molecule has 9 nitrogen and oxygen atoms in total. The number of aliphatic hydroxyl groups excluding tert-OH is 2. The van der Waals surface area contributed by atoms with E-state index >= 15 is 0 Å². The van der Waals surface area contributed by atoms with Gasteiger partial charge in [0.05, 0.1) is 29.3 Å². The van der Waals surface area contributed by atoms with Crippen molar-refractivity contribution >= 4 is 40.3 Å². The number of imidazole rings is 1. The molecular weight excluding hydrogens is 409 g/mol. The van der Waals surface area contributed by atoms with E-state index in [4.69, 9.17) is 28.3 Å². The molecule has 0 fully saturated rings. The molecule has 150 valence electrons. The van der Waals surface area contributed by atoms with Gasteiger partial charge >= 0.3 is 5.69 Å². The summed E-state index contributed by atoms with van der Waals surface area (Å²) in [6.07, 6.45) is -0.977. The highest BCUT2D eigenvalue weighted by atomic mass is 35.5. The molecule has 2 aromatic heterocycles. The zero-order chi connectivity index (χ0) is 20.6. The molecular formula is C17H19Cl2N5O4. The Morgan fingerprint density at radius 2 is 1.89 bits per heavy atom. The van der Waals surface area contributed by atoms with Gasteiger partial charge in [-0.25, -0.2) is 4.79 Å². The molecule has 0 aliphatic heterocycles. The van der Waals surface area contributed by atoms with Crippen LogP contribution in [0.5, 0.6) is 0 Å². The van der Waals surface area contributed by atoms with Crippen molar-refractivity contribution in [2.24, 2.45) is 14.1 Å². The summed E-state index contributed by atoms with van der Waals surface area (Å²) in [5.41, 5.74) is 0.0603. The number of rotatable bonds is 6. The van der Waals surface area contributed by atoms with E-state index in [1.54, 1.807) is 25.2 Å². The molecule has 0 saturated heterocycles. The Labute approximate surface area is 169 Å². The molecule has 0 bridgehead atoms. The molecule has 0 radical (unpaired) electrons. The monoisotopic (exact) mass is 427 g/mol. The van der Waals surface area contributed by atoms with E-state index in [1.165, 1.54) is 16.2 Å². The predicted molar refractivity (Wildman–Crippen MR) is 107 cm³/mol. The van der Waals surface area contributed by atoms with Crippen molar-refractivity contribution in [3.63, 3.8) is 0 Å². The second-order valence-corrected chi connectivity index (χ2v) is 7.18. The smallest absolute Gasteiger partial charge is 0.332 e. The third kappa shape index (κ3) is 3.66. The summed E-state index contributed by atoms with van der Waals surface area (Å²) in [5, 5.41) is 22.0. The lowest BCUT2D eigenvalue weighted by atomic mass is 10.2. The fraction of sp³-hybridized carbons (Fsp3) is 0.353. The van der Waals surface area contributed by atoms with Crippen LogP contribution in [-0.4, -0.2) is 48.2 Å². The van der Waals surface area contributed by atoms with Crippen molar-refractivity contribution in [1.82, 2.24) is 18.7 Å². The standard InChI is InChI=1S/C17H19Cl2N5O4/c1-22-13-14(21-16(22)20-6-10(26)8-25)23(2)17(28)24(15(13)27)7-9-3-4-11(18)12(19)5-9/h3-5,10,25-26H,6-8H2,1-2H3,(H,20,21)/t10-/m1/s1. The van der Waals surface area contributed by atoms with Crippen molar-refractivity contribution < 1.29 is 10.2 Å². The number of aliphatic hydroxyl groups is 2. The number of hydrogen-bond donors (Lipinski definition) is 3. The summed E-state index contributed by atoms with van der Waals surface area (Å²) in [7, 11) is 3.15. The fourth-order valence-corrected chi connectivity index (χ4v) is 3.16. The third-order valence-electron chi connectivity index (χ3n) is 4.39. The third-order valence-corrected chi connectivity index (χ3v) is 5.13. The number of nitrogens with one attached hydrogen (secondary N) is 1. The summed E-state index contributed by atoms with van der Waals surface area (Å²) in [4.78, 5) is 30.0. The molecule has 3 rings (SSSR count). The van der Waals surface area contributed by atoms with Crippen LogP contribution in [0.15, 0.2) is 27.8 Å². The summed E-state index contributed by atoms with van der Waals surface area (Å²) < 4.78 is 3.88. The minimum absolute atomic E-state index is 0.0233. The number of fused-ring (bicyclic) bond motifs is 1. The van der Waals surface area contributed by atoms with Crippen LogP contribution < -0.4 is 16.6 Å². The molecule has 28 heavy (non-hydrogen) atoms. The highest BCUT2D eigenvalue weighted by molar-refractivity contribution is 6.42. The van der Waals surface area contributed by atoms with Gasteiger partial charge in [0.2, 0.25) is 5.95 Å². The Bertz CT molecular complexity index is 1150. The second kappa shape index (κ2) is 7.96. The minimum Gasteiger partial charge on any atom is -0.394 e. The van der Waals surface area contributed by atoms with E-state index in [1.807, 2.05) is 0 Å². The van der Waals surface area contributed by atoms with Crippen molar-refractivity contribution in [2.75, 3.05) is 18.5 Å². The van der Waals surface area contributed by atoms with Crippen LogP contribution in [0.2, 0.25) is 10.0 Å². The van der Waals surface area contributed by atoms with E-state index in [2.05, 4.69) is 10.3 Å². The molecule has 11 heteroatoms. The van der Waals surface area contributed by atoms with Crippen molar-refractivity contribution in [3.8, 4) is 0 Å². The van der Waals surface area contributed by atoms with Gasteiger partial charge in [0.25, 0.3) is 5.56 Å². The molecule has 0 saturated carbocycles. The Balaban J connectivity index is 2.09. The molecule has 2 heterocycles. The lowest BCUT2D eigenvalue weighted by molar-refractivity contribution is 0.105. The van der Waals surface area contributed by atoms with Crippen LogP contribution in [0, 0.1) is 0 Å². The Hall–Kier alpha value is -2.33. The van der Waals surface area contributed by atoms with E-state index in [0.717, 1.165) is 4.57 Å². The number of hydrogen-bond acceptors (Lipinski definition) is 6. The van der Waals surface area contributed by atoms with Crippen LogP contribution in [0.3, 0.4) is 0 Å². The lowest BCUT2D eigenvalue weighted by Gasteiger charge is -2.10. The average molecular weight is 428 g/mol. The summed E-state index contributed by atoms with van der Waals surface area (Å²) in [6, 6.07) is 4.90. The van der Waals surface area contributed by atoms with E-state index in [0.29, 0.717) is 21.6 Å². The summed E-state index contributed by atoms with van der Waals surface area (Å²) in [5.74, 6) is 0.293. The molecule has 0 unspecified atom stereocenters. The number of benzene rings is 1. The Morgan fingerprint density at radius 3 is 2.54 bits per heavy atom. The van der Waals surface area contributed by atoms with Gasteiger partial charge in [0.15, 0.2) is 11.2 Å². The van der Waals surface area contributed by atoms with Gasteiger partial charge in [-0.2, -0.15) is 4.98 Å². The fourth-order valence-electron chi connectivity index (χ4n) is 2.84. The summed E-state index contributed by atoms with van der Waals surface area (Å²) in [6.45, 7) is -0.347. The van der Waals surface area contributed by atoms with Crippen LogP contribution in [0.1, 0.15) is 5.56 Å². The zero-order valence-electron chi connectivity index (χ0n) is 15.2. The first-order valence-corrected chi connectivity index (χ1v) is 9.13. The van der Waals surface area contributed by atoms with Crippen LogP contribution in [-0.2, 0) is 20.6 Å². The number of aryl methyl sites for hydroxylation is 2. The highest BCUT2D eigenvalue weighted by Gasteiger charge is 2.19. The largest absolute Gasteiger partial charge is 0.394 e. The Kier molecular flexibility index (Phi) is 5.80. The van der Waals surface area contributed by atoms with Gasteiger partial charge in [-0.3, -0.25) is 13.9 Å². The van der Waals surface area contributed by atoms with Gasteiger partial charge in [-0.1, -0.05) is 29.3 Å². The number of aromatic nitrogens is 4. The maximum absolute atomic E-state index is 13.0. The molecule has 1 atom stereocenters. The quantitative estimate of drug-likeness (QED) is 0.529. The van der Waals surface area contributed by atoms with E-state index in [-0.39, 0.29) is 24.3 Å². The zero-order valence-corrected chi connectivity index (χ0v) is 16.7. The first kappa shape index (κ1) is 20.4. The molecule has 3 N–H and O–H groups in total. The molecule has 0 aliphatic carbocycles. The second-order valence-electron chi connectivity index (χ2n) is 6.37. The van der Waals surface area contributed by atoms with E-state index < -0.39 is 24.0 Å². The van der Waals surface area contributed by atoms with Crippen LogP contribution in [0.25, 0.3) is 11.2 Å². The van der Waals surface area contributed by atoms with Crippen molar-refractivity contribution in [1.29, 1.82) is 0 Å². The van der Waals surface area contributed by atoms with Gasteiger partial charge in [0.1, 0.15) is 0 Å². The van der Waals surface area contributed by atoms with Gasteiger partial charge in [0, 0.05) is 20.6 Å². The Morgan fingerprint density at radius 1 is 1.18 bits per heavy atom. The SMILES string of the molecule is Cn1c(NC[C@@H](O)CO)nc2c1c(=O)n(Cc1ccc(Cl)c(Cl)c1)c(=O)n2C. The molecule has 0 amide bonds. The molecule has 3 aromatic rings. The maximum Gasteiger partial charge on any atom is 0.332 e. The topological polar surface area (TPSA) is 114 Å². The predicted octanol–water partition coefficient (Wildman–Crippen LogP) is 0.554. The van der Waals surface area contributed by atoms with Crippen molar-refractivity contribution in [2.45, 2.75) is 12.6 Å². The number of anilines is 1. The molecule has 0 aliphatic rings. The average Bonchev–Trinajstić information content (AvgIpc) is 3.01. The number of halogens is 2. The maximum atomic E-state index is 13.0. The summed E-state index contributed by atoms with van der Waals surface area (Å²) >= 11 is 11.9. The normalized spacial score (nSPS) is 12.5. The minimum atomic E-state index is -0.977. The first-order chi connectivity index (χ1) is 13.2. The molecule has 0 spiro atoms. The van der Waals surface area contributed by atoms with Crippen LogP contribution >= 0.6 is 23.2 Å². The first-order valence-electron chi connectivity index (χ1n) is 8.37. The van der Waals surface area contributed by atoms with Gasteiger partial charge < -0.3 is 20.1 Å². The van der Waals surface area contributed by atoms with Gasteiger partial charge in [-0.05, 0) is 17.7 Å². The van der Waals surface area contributed by atoms with Crippen LogP contribution in [0.4, 0.5) is 5.95 Å². The number of nitrogens with zero attached hydrogens (tertiary/aromatic N) is 4. The lowest BCUT2D eigenvalue weighted by Crippen LogP contribution is -2.39. The van der Waals surface area contributed by atoms with Gasteiger partial charge in [-0.15, -0.1) is 0 Å². The van der Waals surface area contributed by atoms with E-state index in [9.17, 15) is 14.7 Å². The molecule has 1 aromatic carbocycles. The highest BCUT2D eigenvalue weighted by Crippen LogP contribution is 2.22. The van der Waals surface area contributed by atoms with Crippen molar-refractivity contribution in [3.05, 3.63) is 54.6 Å².